The van der Waals surface area contributed by atoms with E-state index in [9.17, 15) is 5.11 Å². The number of aliphatic imine (C=N–C) groups is 1. The van der Waals surface area contributed by atoms with E-state index in [1.54, 1.807) is 0 Å². The lowest BCUT2D eigenvalue weighted by molar-refractivity contribution is -0.0179. The first kappa shape index (κ1) is 22.2. The van der Waals surface area contributed by atoms with E-state index in [1.165, 1.54) is 6.42 Å². The topological polar surface area (TPSA) is 72.4 Å². The Labute approximate surface area is 153 Å². The summed E-state index contributed by atoms with van der Waals surface area (Å²) in [7, 11) is 0. The molecule has 1 fully saturated rings. The SMILES string of the molecule is CCCN(CC)CCNC(=NCC(C)(O)CN1CCOCC1)NCC. The van der Waals surface area contributed by atoms with Crippen molar-refractivity contribution in [3.63, 3.8) is 0 Å². The lowest BCUT2D eigenvalue weighted by atomic mass is 10.1. The number of ether oxygens (including phenoxy) is 1. The number of guanidine groups is 1. The van der Waals surface area contributed by atoms with Gasteiger partial charge in [0.1, 0.15) is 0 Å². The molecule has 1 atom stereocenters. The predicted molar refractivity (Wildman–Crippen MR) is 104 cm³/mol. The number of nitrogens with one attached hydrogen (secondary N) is 2. The zero-order valence-corrected chi connectivity index (χ0v) is 16.7. The molecule has 7 nitrogen and oxygen atoms in total. The summed E-state index contributed by atoms with van der Waals surface area (Å²) < 4.78 is 5.36. The quantitative estimate of drug-likeness (QED) is 0.366. The zero-order valence-electron chi connectivity index (χ0n) is 16.7. The molecule has 1 saturated heterocycles. The van der Waals surface area contributed by atoms with Gasteiger partial charge >= 0.3 is 0 Å². The third-order valence-corrected chi connectivity index (χ3v) is 4.30. The van der Waals surface area contributed by atoms with Crippen LogP contribution in [-0.2, 0) is 4.74 Å². The molecule has 0 saturated carbocycles. The standard InChI is InChI=1S/C18H39N5O2/c1-5-9-22(7-3)10-8-20-17(19-6-2)21-15-18(4,24)16-23-11-13-25-14-12-23/h24H,5-16H2,1-4H3,(H2,19,20,21). The van der Waals surface area contributed by atoms with Crippen molar-refractivity contribution >= 4 is 5.96 Å². The summed E-state index contributed by atoms with van der Waals surface area (Å²) >= 11 is 0. The van der Waals surface area contributed by atoms with Crippen LogP contribution in [0, 0.1) is 0 Å². The van der Waals surface area contributed by atoms with Crippen LogP contribution in [0.5, 0.6) is 0 Å². The van der Waals surface area contributed by atoms with Crippen LogP contribution in [0.1, 0.15) is 34.1 Å². The summed E-state index contributed by atoms with van der Waals surface area (Å²) in [5.41, 5.74) is -0.836. The van der Waals surface area contributed by atoms with Gasteiger partial charge in [0.2, 0.25) is 0 Å². The van der Waals surface area contributed by atoms with Gasteiger partial charge in [-0.3, -0.25) is 9.89 Å². The van der Waals surface area contributed by atoms with Gasteiger partial charge in [-0.25, -0.2) is 0 Å². The third-order valence-electron chi connectivity index (χ3n) is 4.30. The monoisotopic (exact) mass is 357 g/mol. The molecule has 7 heteroatoms. The van der Waals surface area contributed by atoms with Gasteiger partial charge in [0, 0.05) is 39.3 Å². The first-order valence-corrected chi connectivity index (χ1v) is 9.77. The molecule has 0 aromatic rings. The van der Waals surface area contributed by atoms with Crippen molar-refractivity contribution in [2.45, 2.75) is 39.7 Å². The molecule has 0 radical (unpaired) electrons. The highest BCUT2D eigenvalue weighted by molar-refractivity contribution is 5.79. The molecular weight excluding hydrogens is 318 g/mol. The number of hydrogen-bond acceptors (Lipinski definition) is 5. The summed E-state index contributed by atoms with van der Waals surface area (Å²) in [6.45, 7) is 17.4. The van der Waals surface area contributed by atoms with E-state index in [0.717, 1.165) is 65.0 Å². The van der Waals surface area contributed by atoms with E-state index in [1.807, 2.05) is 6.92 Å². The van der Waals surface area contributed by atoms with Crippen LogP contribution in [-0.4, -0.2) is 98.6 Å². The van der Waals surface area contributed by atoms with Crippen molar-refractivity contribution in [1.29, 1.82) is 0 Å². The molecule has 1 rings (SSSR count). The van der Waals surface area contributed by atoms with E-state index >= 15 is 0 Å². The van der Waals surface area contributed by atoms with Crippen LogP contribution < -0.4 is 10.6 Å². The average molecular weight is 358 g/mol. The molecule has 25 heavy (non-hydrogen) atoms. The van der Waals surface area contributed by atoms with Gasteiger partial charge < -0.3 is 25.4 Å². The molecule has 1 unspecified atom stereocenters. The van der Waals surface area contributed by atoms with Crippen molar-refractivity contribution in [2.75, 3.05) is 72.1 Å². The van der Waals surface area contributed by atoms with Crippen molar-refractivity contribution < 1.29 is 9.84 Å². The van der Waals surface area contributed by atoms with Crippen LogP contribution in [0.25, 0.3) is 0 Å². The fourth-order valence-corrected chi connectivity index (χ4v) is 2.96. The van der Waals surface area contributed by atoms with E-state index in [0.29, 0.717) is 13.1 Å². The Morgan fingerprint density at radius 2 is 1.92 bits per heavy atom. The second-order valence-corrected chi connectivity index (χ2v) is 6.94. The molecule has 1 aliphatic heterocycles. The van der Waals surface area contributed by atoms with Gasteiger partial charge in [-0.2, -0.15) is 0 Å². The van der Waals surface area contributed by atoms with Crippen LogP contribution in [0.3, 0.4) is 0 Å². The van der Waals surface area contributed by atoms with Gasteiger partial charge in [-0.1, -0.05) is 13.8 Å². The van der Waals surface area contributed by atoms with E-state index in [2.05, 4.69) is 46.2 Å². The second kappa shape index (κ2) is 12.5. The van der Waals surface area contributed by atoms with E-state index < -0.39 is 5.60 Å². The smallest absolute Gasteiger partial charge is 0.191 e. The van der Waals surface area contributed by atoms with Crippen molar-refractivity contribution in [1.82, 2.24) is 20.4 Å². The Bertz CT molecular complexity index is 370. The molecule has 0 aliphatic carbocycles. The first-order valence-electron chi connectivity index (χ1n) is 9.77. The van der Waals surface area contributed by atoms with Crippen molar-refractivity contribution in [3.05, 3.63) is 0 Å². The van der Waals surface area contributed by atoms with Gasteiger partial charge in [0.05, 0.1) is 25.4 Å². The molecule has 0 amide bonds. The Kier molecular flexibility index (Phi) is 11.0. The lowest BCUT2D eigenvalue weighted by Crippen LogP contribution is -2.48. The molecule has 148 valence electrons. The van der Waals surface area contributed by atoms with Crippen LogP contribution in [0.4, 0.5) is 0 Å². The second-order valence-electron chi connectivity index (χ2n) is 6.94. The summed E-state index contributed by atoms with van der Waals surface area (Å²) in [6, 6.07) is 0. The van der Waals surface area contributed by atoms with Crippen molar-refractivity contribution in [2.24, 2.45) is 4.99 Å². The maximum atomic E-state index is 10.7. The Morgan fingerprint density at radius 1 is 1.20 bits per heavy atom. The summed E-state index contributed by atoms with van der Waals surface area (Å²) in [6.07, 6.45) is 1.17. The van der Waals surface area contributed by atoms with Gasteiger partial charge in [-0.15, -0.1) is 0 Å². The number of nitrogens with zero attached hydrogens (tertiary/aromatic N) is 3. The fraction of sp³-hybridized carbons (Fsp3) is 0.944. The molecule has 1 aliphatic rings. The normalized spacial score (nSPS) is 19.0. The summed E-state index contributed by atoms with van der Waals surface area (Å²) in [4.78, 5) is 9.25. The average Bonchev–Trinajstić information content (AvgIpc) is 2.59. The first-order chi connectivity index (χ1) is 12.0. The minimum Gasteiger partial charge on any atom is -0.387 e. The van der Waals surface area contributed by atoms with Gasteiger partial charge in [0.25, 0.3) is 0 Å². The lowest BCUT2D eigenvalue weighted by Gasteiger charge is -2.33. The fourth-order valence-electron chi connectivity index (χ4n) is 2.96. The molecular formula is C18H39N5O2. The molecule has 1 heterocycles. The molecule has 0 aromatic carbocycles. The Hall–Kier alpha value is -0.890. The number of rotatable bonds is 11. The minimum absolute atomic E-state index is 0.381. The largest absolute Gasteiger partial charge is 0.387 e. The minimum atomic E-state index is -0.836. The maximum Gasteiger partial charge on any atom is 0.191 e. The zero-order chi connectivity index (χ0) is 18.5. The van der Waals surface area contributed by atoms with Crippen LogP contribution in [0.15, 0.2) is 4.99 Å². The number of aliphatic hydroxyl groups is 1. The maximum absolute atomic E-state index is 10.7. The number of morpholine rings is 1. The Morgan fingerprint density at radius 3 is 2.52 bits per heavy atom. The summed E-state index contributed by atoms with van der Waals surface area (Å²) in [5.74, 6) is 0.775. The van der Waals surface area contributed by atoms with Crippen LogP contribution >= 0.6 is 0 Å². The highest BCUT2D eigenvalue weighted by Crippen LogP contribution is 2.09. The third kappa shape index (κ3) is 9.99. The number of hydrogen-bond donors (Lipinski definition) is 3. The Balaban J connectivity index is 2.43. The molecule has 0 aromatic heterocycles. The number of likely N-dealkylation sites (N-methyl/N-ethyl adjacent to an activating group) is 1. The molecule has 0 bridgehead atoms. The molecule has 0 spiro atoms. The van der Waals surface area contributed by atoms with Gasteiger partial charge in [-0.05, 0) is 33.4 Å². The van der Waals surface area contributed by atoms with Crippen LogP contribution in [0.2, 0.25) is 0 Å². The highest BCUT2D eigenvalue weighted by atomic mass is 16.5. The van der Waals surface area contributed by atoms with Crippen molar-refractivity contribution in [3.8, 4) is 0 Å². The summed E-state index contributed by atoms with van der Waals surface area (Å²) in [5, 5.41) is 17.3. The van der Waals surface area contributed by atoms with E-state index in [-0.39, 0.29) is 0 Å². The molecule has 3 N–H and O–H groups in total. The van der Waals surface area contributed by atoms with Gasteiger partial charge in [0.15, 0.2) is 5.96 Å². The highest BCUT2D eigenvalue weighted by Gasteiger charge is 2.25. The number of β-amino-alcohol motifs (C(OH)–C–C–N with tert-alkyl or cyclic N) is 1. The predicted octanol–water partition coefficient (Wildman–Crippen LogP) is 0.357. The van der Waals surface area contributed by atoms with E-state index in [4.69, 9.17) is 4.74 Å².